The molecule has 18 heavy (non-hydrogen) atoms. The standard InChI is InChI=1S/C13H11ClFIN2/c1-7-2-3-8(14)4-12(7)18-13-5-9(15)10(16)6-11(13)17/h2-6,18H,17H2,1H3. The van der Waals surface area contributed by atoms with Gasteiger partial charge in [-0.25, -0.2) is 4.39 Å². The van der Waals surface area contributed by atoms with Crippen LogP contribution in [-0.4, -0.2) is 0 Å². The average Bonchev–Trinajstić information content (AvgIpc) is 2.30. The second-order valence-corrected chi connectivity index (χ2v) is 5.54. The molecule has 2 aromatic rings. The molecule has 0 amide bonds. The summed E-state index contributed by atoms with van der Waals surface area (Å²) in [6.45, 7) is 1.94. The van der Waals surface area contributed by atoms with Crippen molar-refractivity contribution in [3.63, 3.8) is 0 Å². The second kappa shape index (κ2) is 5.32. The molecule has 3 N–H and O–H groups in total. The molecular weight excluding hydrogens is 366 g/mol. The molecule has 2 rings (SSSR count). The van der Waals surface area contributed by atoms with Crippen molar-refractivity contribution in [1.82, 2.24) is 0 Å². The lowest BCUT2D eigenvalue weighted by Gasteiger charge is -2.13. The highest BCUT2D eigenvalue weighted by Crippen LogP contribution is 2.29. The van der Waals surface area contributed by atoms with Gasteiger partial charge in [0, 0.05) is 16.8 Å². The molecule has 0 aromatic heterocycles. The number of halogens is 3. The largest absolute Gasteiger partial charge is 0.397 e. The predicted molar refractivity (Wildman–Crippen MR) is 83.0 cm³/mol. The minimum absolute atomic E-state index is 0.299. The zero-order valence-corrected chi connectivity index (χ0v) is 12.5. The smallest absolute Gasteiger partial charge is 0.138 e. The molecule has 94 valence electrons. The minimum Gasteiger partial charge on any atom is -0.397 e. The zero-order chi connectivity index (χ0) is 13.3. The molecular formula is C13H11ClFIN2. The number of nitrogen functional groups attached to an aromatic ring is 1. The molecule has 0 aliphatic rings. The van der Waals surface area contributed by atoms with Gasteiger partial charge >= 0.3 is 0 Å². The third-order valence-corrected chi connectivity index (χ3v) is 3.62. The zero-order valence-electron chi connectivity index (χ0n) is 9.60. The summed E-state index contributed by atoms with van der Waals surface area (Å²) in [5.41, 5.74) is 8.73. The Morgan fingerprint density at radius 1 is 1.22 bits per heavy atom. The van der Waals surface area contributed by atoms with Gasteiger partial charge in [0.1, 0.15) is 5.82 Å². The van der Waals surface area contributed by atoms with Crippen LogP contribution in [0.3, 0.4) is 0 Å². The summed E-state index contributed by atoms with van der Waals surface area (Å²) in [5, 5.41) is 3.71. The summed E-state index contributed by atoms with van der Waals surface area (Å²) in [7, 11) is 0. The van der Waals surface area contributed by atoms with E-state index in [0.29, 0.717) is 20.0 Å². The maximum absolute atomic E-state index is 13.5. The molecule has 0 unspecified atom stereocenters. The maximum Gasteiger partial charge on any atom is 0.138 e. The Bertz CT molecular complexity index is 602. The molecule has 0 fully saturated rings. The van der Waals surface area contributed by atoms with Crippen molar-refractivity contribution in [2.75, 3.05) is 11.1 Å². The van der Waals surface area contributed by atoms with E-state index >= 15 is 0 Å². The molecule has 0 saturated carbocycles. The fraction of sp³-hybridized carbons (Fsp3) is 0.0769. The van der Waals surface area contributed by atoms with Gasteiger partial charge < -0.3 is 11.1 Å². The van der Waals surface area contributed by atoms with Crippen LogP contribution in [0.1, 0.15) is 5.56 Å². The van der Waals surface area contributed by atoms with E-state index in [-0.39, 0.29) is 5.82 Å². The van der Waals surface area contributed by atoms with Gasteiger partial charge in [-0.3, -0.25) is 0 Å². The third-order valence-electron chi connectivity index (χ3n) is 2.56. The molecule has 0 radical (unpaired) electrons. The normalized spacial score (nSPS) is 10.4. The highest BCUT2D eigenvalue weighted by Gasteiger charge is 2.07. The fourth-order valence-corrected chi connectivity index (χ4v) is 2.21. The van der Waals surface area contributed by atoms with Crippen molar-refractivity contribution >= 4 is 51.3 Å². The Morgan fingerprint density at radius 3 is 2.67 bits per heavy atom. The van der Waals surface area contributed by atoms with Crippen LogP contribution in [0.2, 0.25) is 5.02 Å². The first kappa shape index (κ1) is 13.4. The van der Waals surface area contributed by atoms with Gasteiger partial charge in [-0.1, -0.05) is 17.7 Å². The lowest BCUT2D eigenvalue weighted by molar-refractivity contribution is 0.621. The van der Waals surface area contributed by atoms with Crippen molar-refractivity contribution < 1.29 is 4.39 Å². The van der Waals surface area contributed by atoms with Gasteiger partial charge in [0.05, 0.1) is 14.9 Å². The predicted octanol–water partition coefficient (Wildman–Crippen LogP) is 4.72. The lowest BCUT2D eigenvalue weighted by atomic mass is 10.2. The van der Waals surface area contributed by atoms with Crippen LogP contribution in [0, 0.1) is 16.3 Å². The Labute approximate surface area is 123 Å². The quantitative estimate of drug-likeness (QED) is 0.588. The van der Waals surface area contributed by atoms with Crippen molar-refractivity contribution in [2.45, 2.75) is 6.92 Å². The molecule has 0 spiro atoms. The summed E-state index contributed by atoms with van der Waals surface area (Å²) in [4.78, 5) is 0. The molecule has 0 saturated heterocycles. The van der Waals surface area contributed by atoms with Crippen LogP contribution < -0.4 is 11.1 Å². The lowest BCUT2D eigenvalue weighted by Crippen LogP contribution is -2.00. The van der Waals surface area contributed by atoms with Crippen molar-refractivity contribution in [1.29, 1.82) is 0 Å². The van der Waals surface area contributed by atoms with E-state index in [9.17, 15) is 4.39 Å². The van der Waals surface area contributed by atoms with Gasteiger partial charge in [0.15, 0.2) is 0 Å². The molecule has 2 aromatic carbocycles. The highest BCUT2D eigenvalue weighted by atomic mass is 127. The molecule has 5 heteroatoms. The van der Waals surface area contributed by atoms with Crippen molar-refractivity contribution in [3.05, 3.63) is 50.3 Å². The summed E-state index contributed by atoms with van der Waals surface area (Å²) in [5.74, 6) is -0.299. The molecule has 0 heterocycles. The van der Waals surface area contributed by atoms with Crippen LogP contribution in [0.25, 0.3) is 0 Å². The van der Waals surface area contributed by atoms with Crippen LogP contribution in [-0.2, 0) is 0 Å². The topological polar surface area (TPSA) is 38.0 Å². The number of nitrogens with two attached hydrogens (primary N) is 1. The minimum atomic E-state index is -0.299. The van der Waals surface area contributed by atoms with Crippen LogP contribution >= 0.6 is 34.2 Å². The Morgan fingerprint density at radius 2 is 1.94 bits per heavy atom. The van der Waals surface area contributed by atoms with Crippen LogP contribution in [0.4, 0.5) is 21.5 Å². The first-order valence-electron chi connectivity index (χ1n) is 5.25. The number of aryl methyl sites for hydroxylation is 1. The van der Waals surface area contributed by atoms with Crippen molar-refractivity contribution in [2.24, 2.45) is 0 Å². The van der Waals surface area contributed by atoms with Crippen molar-refractivity contribution in [3.8, 4) is 0 Å². The van der Waals surface area contributed by atoms with E-state index in [1.54, 1.807) is 18.2 Å². The monoisotopic (exact) mass is 376 g/mol. The van der Waals surface area contributed by atoms with E-state index in [0.717, 1.165) is 11.3 Å². The third kappa shape index (κ3) is 2.87. The maximum atomic E-state index is 13.5. The van der Waals surface area contributed by atoms with E-state index in [2.05, 4.69) is 5.32 Å². The summed E-state index contributed by atoms with van der Waals surface area (Å²) in [6, 6.07) is 8.46. The molecule has 0 aliphatic heterocycles. The fourth-order valence-electron chi connectivity index (χ4n) is 1.54. The van der Waals surface area contributed by atoms with E-state index < -0.39 is 0 Å². The number of anilines is 3. The molecule has 0 aliphatic carbocycles. The molecule has 0 atom stereocenters. The Hall–Kier alpha value is -1.01. The van der Waals surface area contributed by atoms with Gasteiger partial charge in [0.2, 0.25) is 0 Å². The number of hydrogen-bond donors (Lipinski definition) is 2. The Kier molecular flexibility index (Phi) is 3.97. The summed E-state index contributed by atoms with van der Waals surface area (Å²) < 4.78 is 14.0. The highest BCUT2D eigenvalue weighted by molar-refractivity contribution is 14.1. The molecule has 2 nitrogen and oxygen atoms in total. The summed E-state index contributed by atoms with van der Waals surface area (Å²) >= 11 is 7.84. The average molecular weight is 377 g/mol. The Balaban J connectivity index is 2.40. The number of hydrogen-bond acceptors (Lipinski definition) is 2. The number of nitrogens with one attached hydrogen (secondary N) is 1. The van der Waals surface area contributed by atoms with E-state index in [1.807, 2.05) is 35.6 Å². The summed E-state index contributed by atoms with van der Waals surface area (Å²) in [6.07, 6.45) is 0. The van der Waals surface area contributed by atoms with Gasteiger partial charge in [0.25, 0.3) is 0 Å². The SMILES string of the molecule is Cc1ccc(Cl)cc1Nc1cc(F)c(I)cc1N. The van der Waals surface area contributed by atoms with Gasteiger partial charge in [-0.15, -0.1) is 0 Å². The van der Waals surface area contributed by atoms with E-state index in [1.165, 1.54) is 6.07 Å². The first-order chi connectivity index (χ1) is 8.47. The second-order valence-electron chi connectivity index (χ2n) is 3.94. The van der Waals surface area contributed by atoms with Gasteiger partial charge in [-0.05, 0) is 53.3 Å². The number of benzene rings is 2. The van der Waals surface area contributed by atoms with Gasteiger partial charge in [-0.2, -0.15) is 0 Å². The molecule has 0 bridgehead atoms. The van der Waals surface area contributed by atoms with Crippen LogP contribution in [0.15, 0.2) is 30.3 Å². The first-order valence-corrected chi connectivity index (χ1v) is 6.71. The van der Waals surface area contributed by atoms with E-state index in [4.69, 9.17) is 17.3 Å². The van der Waals surface area contributed by atoms with Crippen LogP contribution in [0.5, 0.6) is 0 Å². The number of rotatable bonds is 2.